The Morgan fingerprint density at radius 1 is 1.50 bits per heavy atom. The van der Waals surface area contributed by atoms with Gasteiger partial charge in [-0.1, -0.05) is 12.1 Å². The first-order valence-electron chi connectivity index (χ1n) is 4.13. The van der Waals surface area contributed by atoms with E-state index < -0.39 is 12.2 Å². The number of hydrogen-bond donors (Lipinski definition) is 2. The van der Waals surface area contributed by atoms with Crippen molar-refractivity contribution in [2.75, 3.05) is 6.61 Å². The van der Waals surface area contributed by atoms with Gasteiger partial charge in [0.2, 0.25) is 0 Å². The minimum Gasteiger partial charge on any atom is -0.508 e. The summed E-state index contributed by atoms with van der Waals surface area (Å²) in [6, 6.07) is 6.52. The quantitative estimate of drug-likeness (QED) is 0.704. The second-order valence-corrected chi connectivity index (χ2v) is 2.90. The van der Waals surface area contributed by atoms with Crippen LogP contribution in [0, 0.1) is 0 Å². The lowest BCUT2D eigenvalue weighted by Gasteiger charge is -2.22. The maximum absolute atomic E-state index is 10.8. The Morgan fingerprint density at radius 3 is 3.07 bits per heavy atom. The van der Waals surface area contributed by atoms with Gasteiger partial charge in [0, 0.05) is 0 Å². The van der Waals surface area contributed by atoms with Gasteiger partial charge in [0.15, 0.2) is 6.10 Å². The highest BCUT2D eigenvalue weighted by molar-refractivity contribution is 5.66. The lowest BCUT2D eigenvalue weighted by molar-refractivity contribution is -0.0744. The van der Waals surface area contributed by atoms with E-state index in [1.165, 1.54) is 6.07 Å². The molecule has 1 saturated heterocycles. The molecule has 1 aromatic rings. The monoisotopic (exact) mass is 195 g/mol. The molecule has 0 saturated carbocycles. The van der Waals surface area contributed by atoms with Crippen molar-refractivity contribution < 1.29 is 19.5 Å². The van der Waals surface area contributed by atoms with Crippen LogP contribution in [0.25, 0.3) is 0 Å². The van der Waals surface area contributed by atoms with Gasteiger partial charge in [-0.25, -0.2) is 4.79 Å². The highest BCUT2D eigenvalue weighted by Gasteiger charge is 2.22. The minimum absolute atomic E-state index is 0.136. The number of hydrogen-bond acceptors (Lipinski definition) is 4. The molecule has 14 heavy (non-hydrogen) atoms. The average molecular weight is 195 g/mol. The maximum atomic E-state index is 10.8. The fourth-order valence-electron chi connectivity index (χ4n) is 1.25. The molecular weight excluding hydrogens is 186 g/mol. The molecule has 1 aliphatic rings. The zero-order chi connectivity index (χ0) is 9.97. The highest BCUT2D eigenvalue weighted by atomic mass is 16.7. The van der Waals surface area contributed by atoms with Crippen LogP contribution in [-0.2, 0) is 9.57 Å². The van der Waals surface area contributed by atoms with E-state index in [0.717, 1.165) is 0 Å². The number of carbonyl (C=O) groups is 1. The third-order valence-electron chi connectivity index (χ3n) is 1.88. The molecule has 2 rings (SSSR count). The van der Waals surface area contributed by atoms with Crippen molar-refractivity contribution in [3.63, 3.8) is 0 Å². The average Bonchev–Trinajstić information content (AvgIpc) is 2.18. The first kappa shape index (κ1) is 8.83. The van der Waals surface area contributed by atoms with Crippen molar-refractivity contribution >= 4 is 6.09 Å². The van der Waals surface area contributed by atoms with E-state index in [1.54, 1.807) is 18.2 Å². The summed E-state index contributed by atoms with van der Waals surface area (Å²) in [5.41, 5.74) is 2.78. The van der Waals surface area contributed by atoms with E-state index in [9.17, 15) is 9.90 Å². The SMILES string of the molecule is O=C1NOCC(c2cccc(O)c2)O1. The molecule has 0 aliphatic carbocycles. The van der Waals surface area contributed by atoms with Gasteiger partial charge in [-0.05, 0) is 17.7 Å². The fraction of sp³-hybridized carbons (Fsp3) is 0.222. The number of carbonyl (C=O) groups excluding carboxylic acids is 1. The molecule has 1 aromatic carbocycles. The minimum atomic E-state index is -0.621. The first-order chi connectivity index (χ1) is 6.75. The summed E-state index contributed by atoms with van der Waals surface area (Å²) in [7, 11) is 0. The van der Waals surface area contributed by atoms with Crippen molar-refractivity contribution in [2.24, 2.45) is 0 Å². The van der Waals surface area contributed by atoms with Crippen LogP contribution >= 0.6 is 0 Å². The lowest BCUT2D eigenvalue weighted by Crippen LogP contribution is -2.35. The molecule has 5 nitrogen and oxygen atoms in total. The molecule has 0 aromatic heterocycles. The highest BCUT2D eigenvalue weighted by Crippen LogP contribution is 2.23. The van der Waals surface area contributed by atoms with E-state index in [-0.39, 0.29) is 12.4 Å². The summed E-state index contributed by atoms with van der Waals surface area (Å²) in [5.74, 6) is 0.136. The largest absolute Gasteiger partial charge is 0.508 e. The Hall–Kier alpha value is -1.75. The number of rotatable bonds is 1. The third-order valence-corrected chi connectivity index (χ3v) is 1.88. The second-order valence-electron chi connectivity index (χ2n) is 2.90. The Bertz CT molecular complexity index is 352. The van der Waals surface area contributed by atoms with Crippen LogP contribution in [0.4, 0.5) is 4.79 Å². The molecule has 74 valence electrons. The van der Waals surface area contributed by atoms with Crippen LogP contribution in [0.15, 0.2) is 24.3 Å². The number of amides is 1. The predicted molar refractivity (Wildman–Crippen MR) is 46.4 cm³/mol. The van der Waals surface area contributed by atoms with Crippen LogP contribution in [0.1, 0.15) is 11.7 Å². The lowest BCUT2D eigenvalue weighted by atomic mass is 10.1. The number of phenols is 1. The smallest absolute Gasteiger partial charge is 0.432 e. The van der Waals surface area contributed by atoms with E-state index in [2.05, 4.69) is 5.48 Å². The molecule has 1 aliphatic heterocycles. The van der Waals surface area contributed by atoms with Crippen molar-refractivity contribution in [3.8, 4) is 5.75 Å². The summed E-state index contributed by atoms with van der Waals surface area (Å²) in [5, 5.41) is 9.21. The summed E-state index contributed by atoms with van der Waals surface area (Å²) in [6.07, 6.45) is -1.08. The van der Waals surface area contributed by atoms with Crippen LogP contribution in [0.2, 0.25) is 0 Å². The number of hydroxylamine groups is 1. The third kappa shape index (κ3) is 1.77. The predicted octanol–water partition coefficient (Wildman–Crippen LogP) is 1.10. The number of ether oxygens (including phenoxy) is 1. The van der Waals surface area contributed by atoms with Gasteiger partial charge < -0.3 is 9.84 Å². The Kier molecular flexibility index (Phi) is 2.24. The molecule has 1 amide bonds. The maximum Gasteiger partial charge on any atom is 0.432 e. The summed E-state index contributed by atoms with van der Waals surface area (Å²) < 4.78 is 4.94. The molecule has 1 fully saturated rings. The first-order valence-corrected chi connectivity index (χ1v) is 4.13. The standard InChI is InChI=1S/C9H9NO4/c11-7-3-1-2-6(4-7)8-5-13-10-9(12)14-8/h1-4,8,11H,5H2,(H,10,12). The normalized spacial score (nSPS) is 21.1. The van der Waals surface area contributed by atoms with Gasteiger partial charge in [-0.3, -0.25) is 4.84 Å². The van der Waals surface area contributed by atoms with Crippen molar-refractivity contribution in [3.05, 3.63) is 29.8 Å². The van der Waals surface area contributed by atoms with Gasteiger partial charge in [0.05, 0.1) is 0 Å². The molecule has 0 radical (unpaired) electrons. The molecular formula is C9H9NO4. The summed E-state index contributed by atoms with van der Waals surface area (Å²) >= 11 is 0. The van der Waals surface area contributed by atoms with Crippen LogP contribution in [-0.4, -0.2) is 17.8 Å². The number of nitrogens with one attached hydrogen (secondary N) is 1. The fourth-order valence-corrected chi connectivity index (χ4v) is 1.25. The van der Waals surface area contributed by atoms with E-state index in [0.29, 0.717) is 5.56 Å². The summed E-state index contributed by atoms with van der Waals surface area (Å²) in [6.45, 7) is 0.231. The summed E-state index contributed by atoms with van der Waals surface area (Å²) in [4.78, 5) is 15.6. The number of aromatic hydroxyl groups is 1. The number of cyclic esters (lactones) is 1. The van der Waals surface area contributed by atoms with Crippen LogP contribution in [0.3, 0.4) is 0 Å². The van der Waals surface area contributed by atoms with Crippen molar-refractivity contribution in [2.45, 2.75) is 6.10 Å². The molecule has 2 N–H and O–H groups in total. The molecule has 1 unspecified atom stereocenters. The van der Waals surface area contributed by atoms with Crippen molar-refractivity contribution in [1.82, 2.24) is 5.48 Å². The Morgan fingerprint density at radius 2 is 2.36 bits per heavy atom. The number of benzene rings is 1. The Balaban J connectivity index is 2.17. The van der Waals surface area contributed by atoms with Crippen LogP contribution < -0.4 is 5.48 Å². The van der Waals surface area contributed by atoms with Crippen LogP contribution in [0.5, 0.6) is 5.75 Å². The molecule has 1 atom stereocenters. The van der Waals surface area contributed by atoms with Gasteiger partial charge in [0.1, 0.15) is 12.4 Å². The van der Waals surface area contributed by atoms with Gasteiger partial charge in [-0.15, -0.1) is 0 Å². The topological polar surface area (TPSA) is 67.8 Å². The van der Waals surface area contributed by atoms with Gasteiger partial charge in [-0.2, -0.15) is 5.48 Å². The Labute approximate surface area is 80.2 Å². The zero-order valence-corrected chi connectivity index (χ0v) is 7.27. The zero-order valence-electron chi connectivity index (χ0n) is 7.27. The molecule has 0 spiro atoms. The molecule has 0 bridgehead atoms. The van der Waals surface area contributed by atoms with Gasteiger partial charge in [0.25, 0.3) is 0 Å². The van der Waals surface area contributed by atoms with E-state index in [4.69, 9.17) is 9.57 Å². The molecule has 5 heteroatoms. The number of phenolic OH excluding ortho intramolecular Hbond substituents is 1. The van der Waals surface area contributed by atoms with E-state index >= 15 is 0 Å². The van der Waals surface area contributed by atoms with Gasteiger partial charge >= 0.3 is 6.09 Å². The second kappa shape index (κ2) is 3.55. The molecule has 1 heterocycles. The van der Waals surface area contributed by atoms with Crippen molar-refractivity contribution in [1.29, 1.82) is 0 Å². The van der Waals surface area contributed by atoms with E-state index in [1.807, 2.05) is 0 Å².